The summed E-state index contributed by atoms with van der Waals surface area (Å²) >= 11 is 15.1. The molecule has 1 heterocycles. The molecule has 7 heteroatoms. The molecule has 0 radical (unpaired) electrons. The normalized spacial score (nSPS) is 10.3. The Morgan fingerprint density at radius 2 is 2.14 bits per heavy atom. The van der Waals surface area contributed by atoms with Crippen LogP contribution in [-0.2, 0) is 0 Å². The monoisotopic (exact) mass is 388 g/mol. The third kappa shape index (κ3) is 4.09. The fraction of sp³-hybridized carbons (Fsp3) is 0.143. The molecular weight excluding hydrogens is 379 g/mol. The number of hydrogen-bond donors (Lipinski definition) is 1. The number of nitrogens with one attached hydrogen (secondary N) is 1. The Bertz CT molecular complexity index is 680. The number of pyridine rings is 1. The van der Waals surface area contributed by atoms with E-state index in [1.54, 1.807) is 30.3 Å². The molecule has 110 valence electrons. The number of hydrogen-bond acceptors (Lipinski definition) is 3. The number of carbonyl (C=O) groups is 1. The summed E-state index contributed by atoms with van der Waals surface area (Å²) in [6, 6.07) is 8.13. The largest absolute Gasteiger partial charge is 0.491 e. The highest BCUT2D eigenvalue weighted by Crippen LogP contribution is 2.36. The molecule has 0 unspecified atom stereocenters. The highest BCUT2D eigenvalue weighted by molar-refractivity contribution is 9.10. The molecule has 2 rings (SSSR count). The molecule has 0 saturated heterocycles. The fourth-order valence-corrected chi connectivity index (χ4v) is 2.75. The average molecular weight is 390 g/mol. The smallest absolute Gasteiger partial charge is 0.274 e. The number of benzene rings is 1. The number of rotatable bonds is 4. The fourth-order valence-electron chi connectivity index (χ4n) is 1.67. The van der Waals surface area contributed by atoms with E-state index in [4.69, 9.17) is 27.9 Å². The summed E-state index contributed by atoms with van der Waals surface area (Å²) in [5.74, 6) is 0.116. The molecule has 0 aliphatic carbocycles. The van der Waals surface area contributed by atoms with Crippen molar-refractivity contribution >= 4 is 50.7 Å². The van der Waals surface area contributed by atoms with E-state index in [0.717, 1.165) is 0 Å². The van der Waals surface area contributed by atoms with Gasteiger partial charge < -0.3 is 10.1 Å². The van der Waals surface area contributed by atoms with Crippen molar-refractivity contribution < 1.29 is 9.53 Å². The Labute approximate surface area is 140 Å². The lowest BCUT2D eigenvalue weighted by Gasteiger charge is -2.13. The molecule has 1 N–H and O–H groups in total. The van der Waals surface area contributed by atoms with Crippen LogP contribution in [0.5, 0.6) is 5.75 Å². The van der Waals surface area contributed by atoms with E-state index in [9.17, 15) is 4.79 Å². The predicted octanol–water partition coefficient (Wildman–Crippen LogP) is 4.80. The van der Waals surface area contributed by atoms with E-state index in [1.165, 1.54) is 0 Å². The summed E-state index contributed by atoms with van der Waals surface area (Å²) in [7, 11) is 0. The van der Waals surface area contributed by atoms with Crippen molar-refractivity contribution in [3.05, 3.63) is 50.7 Å². The van der Waals surface area contributed by atoms with Gasteiger partial charge >= 0.3 is 0 Å². The van der Waals surface area contributed by atoms with Crippen LogP contribution in [0.3, 0.4) is 0 Å². The van der Waals surface area contributed by atoms with Gasteiger partial charge in [-0.1, -0.05) is 29.3 Å². The van der Waals surface area contributed by atoms with Crippen LogP contribution < -0.4 is 10.1 Å². The van der Waals surface area contributed by atoms with Crippen molar-refractivity contribution in [2.24, 2.45) is 0 Å². The van der Waals surface area contributed by atoms with Crippen LogP contribution in [0.4, 0.5) is 5.69 Å². The van der Waals surface area contributed by atoms with Gasteiger partial charge in [0.15, 0.2) is 5.75 Å². The molecule has 2 aromatic rings. The number of anilines is 1. The summed E-state index contributed by atoms with van der Waals surface area (Å²) in [5, 5.41) is 3.44. The number of halogens is 3. The first-order valence-corrected chi connectivity index (χ1v) is 7.62. The number of nitrogens with zero attached hydrogens (tertiary/aromatic N) is 1. The van der Waals surface area contributed by atoms with Crippen molar-refractivity contribution in [2.45, 2.75) is 6.92 Å². The van der Waals surface area contributed by atoms with Gasteiger partial charge in [0.05, 0.1) is 16.8 Å². The minimum absolute atomic E-state index is 0.209. The summed E-state index contributed by atoms with van der Waals surface area (Å²) in [6.07, 6.45) is 0. The standard InChI is InChI=1S/C14H11BrCl2N2O2/c1-2-21-13-9(15)6-8(16)7-11(13)19-14(20)10-4-3-5-12(17)18-10/h3-7H,2H2,1H3,(H,19,20). The van der Waals surface area contributed by atoms with Gasteiger partial charge in [0.1, 0.15) is 10.8 Å². The molecule has 0 spiro atoms. The molecule has 0 fully saturated rings. The van der Waals surface area contributed by atoms with Gasteiger partial charge in [-0.05, 0) is 47.1 Å². The Morgan fingerprint density at radius 3 is 2.81 bits per heavy atom. The van der Waals surface area contributed by atoms with E-state index in [2.05, 4.69) is 26.2 Å². The predicted molar refractivity (Wildman–Crippen MR) is 87.5 cm³/mol. The zero-order valence-electron chi connectivity index (χ0n) is 11.0. The lowest BCUT2D eigenvalue weighted by atomic mass is 10.2. The first-order valence-electron chi connectivity index (χ1n) is 6.07. The molecule has 0 aliphatic heterocycles. The van der Waals surface area contributed by atoms with Gasteiger partial charge in [-0.25, -0.2) is 4.98 Å². The topological polar surface area (TPSA) is 51.2 Å². The van der Waals surface area contributed by atoms with Crippen molar-refractivity contribution in [1.29, 1.82) is 0 Å². The van der Waals surface area contributed by atoms with Gasteiger partial charge in [0, 0.05) is 5.02 Å². The average Bonchev–Trinajstić information content (AvgIpc) is 2.42. The van der Waals surface area contributed by atoms with Crippen molar-refractivity contribution in [3.63, 3.8) is 0 Å². The lowest BCUT2D eigenvalue weighted by Crippen LogP contribution is -2.14. The molecule has 1 aromatic carbocycles. The van der Waals surface area contributed by atoms with Crippen molar-refractivity contribution in [2.75, 3.05) is 11.9 Å². The van der Waals surface area contributed by atoms with Gasteiger partial charge in [0.25, 0.3) is 5.91 Å². The minimum Gasteiger partial charge on any atom is -0.491 e. The highest BCUT2D eigenvalue weighted by Gasteiger charge is 2.15. The molecule has 0 atom stereocenters. The summed E-state index contributed by atoms with van der Waals surface area (Å²) in [5.41, 5.74) is 0.670. The Balaban J connectivity index is 2.32. The lowest BCUT2D eigenvalue weighted by molar-refractivity contribution is 0.102. The number of carbonyl (C=O) groups excluding carboxylic acids is 1. The van der Waals surface area contributed by atoms with Crippen LogP contribution in [0.25, 0.3) is 0 Å². The maximum atomic E-state index is 12.2. The van der Waals surface area contributed by atoms with Crippen LogP contribution in [0.15, 0.2) is 34.8 Å². The first-order chi connectivity index (χ1) is 10.0. The summed E-state index contributed by atoms with van der Waals surface area (Å²) < 4.78 is 6.18. The zero-order valence-corrected chi connectivity index (χ0v) is 14.1. The minimum atomic E-state index is -0.396. The molecule has 0 saturated carbocycles. The van der Waals surface area contributed by atoms with Crippen LogP contribution in [-0.4, -0.2) is 17.5 Å². The Hall–Kier alpha value is -1.30. The van der Waals surface area contributed by atoms with E-state index in [0.29, 0.717) is 27.5 Å². The second kappa shape index (κ2) is 7.11. The maximum Gasteiger partial charge on any atom is 0.274 e. The molecule has 0 bridgehead atoms. The molecule has 0 aliphatic rings. The van der Waals surface area contributed by atoms with E-state index in [1.807, 2.05) is 6.92 Å². The van der Waals surface area contributed by atoms with Crippen LogP contribution >= 0.6 is 39.1 Å². The second-order valence-corrected chi connectivity index (χ2v) is 5.68. The molecule has 1 amide bonds. The maximum absolute atomic E-state index is 12.2. The molecule has 21 heavy (non-hydrogen) atoms. The van der Waals surface area contributed by atoms with Crippen molar-refractivity contribution in [1.82, 2.24) is 4.98 Å². The Morgan fingerprint density at radius 1 is 1.38 bits per heavy atom. The van der Waals surface area contributed by atoms with Gasteiger partial charge in [-0.2, -0.15) is 0 Å². The SMILES string of the molecule is CCOc1c(Br)cc(Cl)cc1NC(=O)c1cccc(Cl)n1. The summed E-state index contributed by atoms with van der Waals surface area (Å²) in [6.45, 7) is 2.31. The van der Waals surface area contributed by atoms with Crippen molar-refractivity contribution in [3.8, 4) is 5.75 Å². The van der Waals surface area contributed by atoms with Gasteiger partial charge in [-0.3, -0.25) is 4.79 Å². The zero-order chi connectivity index (χ0) is 15.4. The van der Waals surface area contributed by atoms with Crippen LogP contribution in [0.2, 0.25) is 10.2 Å². The number of aromatic nitrogens is 1. The summed E-state index contributed by atoms with van der Waals surface area (Å²) in [4.78, 5) is 16.2. The quantitative estimate of drug-likeness (QED) is 0.764. The van der Waals surface area contributed by atoms with E-state index >= 15 is 0 Å². The Kier molecular flexibility index (Phi) is 5.45. The van der Waals surface area contributed by atoms with E-state index < -0.39 is 5.91 Å². The number of amides is 1. The highest BCUT2D eigenvalue weighted by atomic mass is 79.9. The van der Waals surface area contributed by atoms with E-state index in [-0.39, 0.29) is 10.8 Å². The molecular formula is C14H11BrCl2N2O2. The van der Waals surface area contributed by atoms with Gasteiger partial charge in [0.2, 0.25) is 0 Å². The first kappa shape index (κ1) is 16.1. The molecule has 1 aromatic heterocycles. The second-order valence-electron chi connectivity index (χ2n) is 4.00. The van der Waals surface area contributed by atoms with Crippen LogP contribution in [0.1, 0.15) is 17.4 Å². The number of ether oxygens (including phenoxy) is 1. The third-order valence-corrected chi connectivity index (χ3v) is 3.51. The molecule has 4 nitrogen and oxygen atoms in total. The van der Waals surface area contributed by atoms with Gasteiger partial charge in [-0.15, -0.1) is 0 Å². The third-order valence-electron chi connectivity index (χ3n) is 2.49. The van der Waals surface area contributed by atoms with Crippen LogP contribution in [0, 0.1) is 0 Å².